The van der Waals surface area contributed by atoms with Crippen molar-refractivity contribution in [2.45, 2.75) is 25.9 Å². The van der Waals surface area contributed by atoms with E-state index in [1.165, 1.54) is 18.0 Å². The van der Waals surface area contributed by atoms with Crippen LogP contribution in [0.4, 0.5) is 4.39 Å². The average molecular weight is 401 g/mol. The molecule has 0 spiro atoms. The van der Waals surface area contributed by atoms with E-state index in [1.54, 1.807) is 12.1 Å². The summed E-state index contributed by atoms with van der Waals surface area (Å²) in [4.78, 5) is 12.5. The lowest BCUT2D eigenvalue weighted by Gasteiger charge is -1.99. The van der Waals surface area contributed by atoms with Gasteiger partial charge in [0.1, 0.15) is 12.0 Å². The third kappa shape index (κ3) is 3.42. The number of hydrogen-bond donors (Lipinski definition) is 0. The summed E-state index contributed by atoms with van der Waals surface area (Å²) >= 11 is 0. The summed E-state index contributed by atoms with van der Waals surface area (Å²) in [5.74, 6) is 1.03. The number of aromatic nitrogens is 2. The standard InChI is InChI=1S/C20H18FN2O.BrH/c21-17-10-8-15(9-11-17)18-13-22(20-7-4-12-23(18)20)14-19(24)16-5-2-1-3-6-16;/h1-3,5-6,8-11,13H,4,7,12,14H2;1H/q+1;/p-1. The second-order valence-corrected chi connectivity index (χ2v) is 6.11. The van der Waals surface area contributed by atoms with E-state index in [2.05, 4.69) is 4.57 Å². The molecule has 5 heteroatoms. The predicted octanol–water partition coefficient (Wildman–Crippen LogP) is 0.415. The van der Waals surface area contributed by atoms with Gasteiger partial charge in [-0.2, -0.15) is 0 Å². The van der Waals surface area contributed by atoms with Gasteiger partial charge in [0, 0.05) is 11.1 Å². The molecule has 1 aromatic heterocycles. The summed E-state index contributed by atoms with van der Waals surface area (Å²) in [5, 5.41) is 0. The number of ketones is 1. The van der Waals surface area contributed by atoms with E-state index in [1.807, 2.05) is 41.1 Å². The zero-order valence-electron chi connectivity index (χ0n) is 13.7. The summed E-state index contributed by atoms with van der Waals surface area (Å²) in [6.45, 7) is 1.27. The topological polar surface area (TPSA) is 25.9 Å². The third-order valence-electron chi connectivity index (χ3n) is 4.54. The van der Waals surface area contributed by atoms with Crippen molar-refractivity contribution in [1.82, 2.24) is 4.57 Å². The van der Waals surface area contributed by atoms with Gasteiger partial charge < -0.3 is 17.0 Å². The minimum atomic E-state index is -0.237. The van der Waals surface area contributed by atoms with Crippen LogP contribution in [0.5, 0.6) is 0 Å². The first kappa shape index (κ1) is 17.5. The van der Waals surface area contributed by atoms with Crippen LogP contribution < -0.4 is 21.5 Å². The van der Waals surface area contributed by atoms with Gasteiger partial charge in [-0.3, -0.25) is 4.79 Å². The first-order valence-corrected chi connectivity index (χ1v) is 8.18. The normalized spacial score (nSPS) is 12.5. The average Bonchev–Trinajstić information content (AvgIpc) is 3.20. The smallest absolute Gasteiger partial charge is 0.257 e. The monoisotopic (exact) mass is 400 g/mol. The highest BCUT2D eigenvalue weighted by molar-refractivity contribution is 5.95. The van der Waals surface area contributed by atoms with Crippen LogP contribution in [0.25, 0.3) is 11.3 Å². The Balaban J connectivity index is 0.00000182. The van der Waals surface area contributed by atoms with Gasteiger partial charge in [-0.15, -0.1) is 0 Å². The number of halogens is 2. The van der Waals surface area contributed by atoms with Crippen molar-refractivity contribution in [3.63, 3.8) is 0 Å². The maximum Gasteiger partial charge on any atom is 0.257 e. The van der Waals surface area contributed by atoms with Gasteiger partial charge in [0.25, 0.3) is 5.82 Å². The SMILES string of the molecule is O=C(C[n+]1cc(-c2ccc(F)cc2)n2c1CCC2)c1ccccc1.[Br-]. The highest BCUT2D eigenvalue weighted by atomic mass is 79.9. The summed E-state index contributed by atoms with van der Waals surface area (Å²) < 4.78 is 17.5. The number of nitrogens with zero attached hydrogens (tertiary/aromatic N) is 2. The molecule has 0 N–H and O–H groups in total. The first-order chi connectivity index (χ1) is 11.7. The zero-order chi connectivity index (χ0) is 16.5. The molecule has 0 saturated heterocycles. The summed E-state index contributed by atoms with van der Waals surface area (Å²) in [6, 6.07) is 15.9. The zero-order valence-corrected chi connectivity index (χ0v) is 15.2. The molecule has 1 aliphatic heterocycles. The molecule has 0 unspecified atom stereocenters. The predicted molar refractivity (Wildman–Crippen MR) is 89.1 cm³/mol. The summed E-state index contributed by atoms with van der Waals surface area (Å²) in [6.07, 6.45) is 4.05. The Morgan fingerprint density at radius 1 is 1.08 bits per heavy atom. The number of hydrogen-bond acceptors (Lipinski definition) is 1. The number of imidazole rings is 1. The van der Waals surface area contributed by atoms with E-state index in [9.17, 15) is 9.18 Å². The second-order valence-electron chi connectivity index (χ2n) is 6.11. The first-order valence-electron chi connectivity index (χ1n) is 8.18. The molecule has 0 radical (unpaired) electrons. The molecule has 1 aliphatic rings. The minimum Gasteiger partial charge on any atom is -1.00 e. The quantitative estimate of drug-likeness (QED) is 0.460. The van der Waals surface area contributed by atoms with Gasteiger partial charge in [0.05, 0.1) is 13.0 Å². The van der Waals surface area contributed by atoms with E-state index in [4.69, 9.17) is 0 Å². The van der Waals surface area contributed by atoms with Crippen molar-refractivity contribution in [3.8, 4) is 11.3 Å². The molecular weight excluding hydrogens is 383 g/mol. The lowest BCUT2D eigenvalue weighted by molar-refractivity contribution is -0.689. The van der Waals surface area contributed by atoms with Gasteiger partial charge in [0.2, 0.25) is 5.78 Å². The van der Waals surface area contributed by atoms with Crippen molar-refractivity contribution >= 4 is 5.78 Å². The van der Waals surface area contributed by atoms with Crippen LogP contribution in [0, 0.1) is 5.82 Å². The van der Waals surface area contributed by atoms with E-state index in [0.717, 1.165) is 36.2 Å². The number of fused-ring (bicyclic) bond motifs is 1. The van der Waals surface area contributed by atoms with Crippen molar-refractivity contribution in [1.29, 1.82) is 0 Å². The lowest BCUT2D eigenvalue weighted by atomic mass is 10.1. The molecule has 2 aromatic carbocycles. The van der Waals surface area contributed by atoms with Crippen molar-refractivity contribution in [2.24, 2.45) is 0 Å². The maximum atomic E-state index is 13.2. The molecule has 4 rings (SSSR count). The Morgan fingerprint density at radius 3 is 2.52 bits per heavy atom. The van der Waals surface area contributed by atoms with Gasteiger partial charge >= 0.3 is 0 Å². The Bertz CT molecular complexity index is 888. The van der Waals surface area contributed by atoms with Gasteiger partial charge in [-0.05, 0) is 30.7 Å². The maximum absolute atomic E-state index is 13.2. The van der Waals surface area contributed by atoms with Crippen LogP contribution in [-0.4, -0.2) is 10.4 Å². The molecule has 0 atom stereocenters. The van der Waals surface area contributed by atoms with Crippen LogP contribution in [0.3, 0.4) is 0 Å². The number of carbonyl (C=O) groups excluding carboxylic acids is 1. The van der Waals surface area contributed by atoms with E-state index in [0.29, 0.717) is 6.54 Å². The van der Waals surface area contributed by atoms with Crippen LogP contribution in [0.1, 0.15) is 22.6 Å². The van der Waals surface area contributed by atoms with Gasteiger partial charge in [-0.25, -0.2) is 13.5 Å². The third-order valence-corrected chi connectivity index (χ3v) is 4.54. The number of rotatable bonds is 4. The van der Waals surface area contributed by atoms with Gasteiger partial charge in [-0.1, -0.05) is 30.3 Å². The molecular formula is C20H18BrFN2O. The molecule has 2 heterocycles. The summed E-state index contributed by atoms with van der Waals surface area (Å²) in [7, 11) is 0. The minimum absolute atomic E-state index is 0. The van der Waals surface area contributed by atoms with Crippen molar-refractivity contribution < 1.29 is 30.7 Å². The molecule has 25 heavy (non-hydrogen) atoms. The second kappa shape index (κ2) is 7.31. The largest absolute Gasteiger partial charge is 1.00 e. The Labute approximate surface area is 156 Å². The molecule has 0 aliphatic carbocycles. The van der Waals surface area contributed by atoms with E-state index in [-0.39, 0.29) is 28.6 Å². The fraction of sp³-hybridized carbons (Fsp3) is 0.200. The Kier molecular flexibility index (Phi) is 5.13. The van der Waals surface area contributed by atoms with E-state index >= 15 is 0 Å². The molecule has 0 fully saturated rings. The molecule has 0 bridgehead atoms. The molecule has 0 amide bonds. The molecule has 128 valence electrons. The van der Waals surface area contributed by atoms with Crippen LogP contribution in [0.15, 0.2) is 60.8 Å². The van der Waals surface area contributed by atoms with Crippen LogP contribution in [-0.2, 0) is 19.5 Å². The molecule has 3 aromatic rings. The Hall–Kier alpha value is -2.27. The van der Waals surface area contributed by atoms with Crippen molar-refractivity contribution in [2.75, 3.05) is 0 Å². The number of carbonyl (C=O) groups is 1. The number of benzene rings is 2. The molecule has 3 nitrogen and oxygen atoms in total. The molecule has 0 saturated carbocycles. The van der Waals surface area contributed by atoms with Crippen LogP contribution >= 0.6 is 0 Å². The fourth-order valence-corrected chi connectivity index (χ4v) is 3.37. The lowest BCUT2D eigenvalue weighted by Crippen LogP contribution is -3.00. The summed E-state index contributed by atoms with van der Waals surface area (Å²) in [5.41, 5.74) is 2.75. The highest BCUT2D eigenvalue weighted by Crippen LogP contribution is 2.25. The fourth-order valence-electron chi connectivity index (χ4n) is 3.37. The number of Topliss-reactive ketones (excluding diaryl/α,β-unsaturated/α-hetero) is 1. The van der Waals surface area contributed by atoms with Crippen molar-refractivity contribution in [3.05, 3.63) is 78.0 Å². The highest BCUT2D eigenvalue weighted by Gasteiger charge is 2.29. The van der Waals surface area contributed by atoms with Gasteiger partial charge in [0.15, 0.2) is 12.2 Å². The van der Waals surface area contributed by atoms with Crippen LogP contribution in [0.2, 0.25) is 0 Å². The van der Waals surface area contributed by atoms with E-state index < -0.39 is 0 Å². The Morgan fingerprint density at radius 2 is 1.80 bits per heavy atom.